The van der Waals surface area contributed by atoms with Crippen molar-refractivity contribution in [3.63, 3.8) is 0 Å². The van der Waals surface area contributed by atoms with Crippen molar-refractivity contribution >= 4 is 61.0 Å². The molecule has 0 saturated carbocycles. The van der Waals surface area contributed by atoms with Crippen LogP contribution in [0.3, 0.4) is 0 Å². The summed E-state index contributed by atoms with van der Waals surface area (Å²) in [5.74, 6) is -0.426. The highest BCUT2D eigenvalue weighted by molar-refractivity contribution is 9.10. The smallest absolute Gasteiger partial charge is 0.231 e. The first kappa shape index (κ1) is 13.3. The largest absolute Gasteiger partial charge is 0.369 e. The number of rotatable bonds is 3. The fourth-order valence-corrected chi connectivity index (χ4v) is 2.24. The highest BCUT2D eigenvalue weighted by atomic mass is 79.9. The van der Waals surface area contributed by atoms with Gasteiger partial charge in [0, 0.05) is 4.47 Å². The second-order valence-electron chi connectivity index (χ2n) is 2.91. The van der Waals surface area contributed by atoms with Crippen LogP contribution in [-0.2, 0) is 11.2 Å². The fourth-order valence-electron chi connectivity index (χ4n) is 1.02. The summed E-state index contributed by atoms with van der Waals surface area (Å²) in [6.45, 7) is 0. The van der Waals surface area contributed by atoms with Gasteiger partial charge in [-0.2, -0.15) is 0 Å². The molecule has 1 unspecified atom stereocenters. The van der Waals surface area contributed by atoms with E-state index in [1.54, 1.807) is 12.1 Å². The minimum atomic E-state index is -0.438. The number of hydrogen-bond acceptors (Lipinski definition) is 1. The van der Waals surface area contributed by atoms with E-state index >= 15 is 0 Å². The molecule has 1 atom stereocenters. The van der Waals surface area contributed by atoms with Crippen molar-refractivity contribution in [2.45, 2.75) is 11.2 Å². The molecule has 0 fully saturated rings. The van der Waals surface area contributed by atoms with Gasteiger partial charge in [0.2, 0.25) is 5.91 Å². The van der Waals surface area contributed by atoms with Crippen LogP contribution in [0.25, 0.3) is 0 Å². The Kier molecular flexibility index (Phi) is 4.90. The number of benzene rings is 1. The standard InChI is InChI=1S/C9H7Br2Cl2NO/c10-5-2-1-4(7(12)8(5)13)3-6(11)9(14)15/h1-2,6H,3H2,(H2,14,15). The van der Waals surface area contributed by atoms with E-state index in [1.807, 2.05) is 0 Å². The van der Waals surface area contributed by atoms with Gasteiger partial charge in [-0.1, -0.05) is 45.2 Å². The molecular weight excluding hydrogens is 369 g/mol. The van der Waals surface area contributed by atoms with Gasteiger partial charge in [-0.05, 0) is 34.0 Å². The van der Waals surface area contributed by atoms with Crippen LogP contribution in [0, 0.1) is 0 Å². The van der Waals surface area contributed by atoms with Gasteiger partial charge in [0.1, 0.15) is 0 Å². The van der Waals surface area contributed by atoms with Gasteiger partial charge >= 0.3 is 0 Å². The Bertz CT molecular complexity index is 398. The molecule has 0 aliphatic carbocycles. The highest BCUT2D eigenvalue weighted by Gasteiger charge is 2.15. The quantitative estimate of drug-likeness (QED) is 0.637. The molecule has 0 heterocycles. The molecule has 1 aromatic rings. The molecule has 82 valence electrons. The third-order valence-electron chi connectivity index (χ3n) is 1.82. The molecule has 6 heteroatoms. The van der Waals surface area contributed by atoms with Crippen molar-refractivity contribution in [2.24, 2.45) is 5.73 Å². The van der Waals surface area contributed by atoms with Crippen LogP contribution < -0.4 is 5.73 Å². The predicted molar refractivity (Wildman–Crippen MR) is 69.8 cm³/mol. The van der Waals surface area contributed by atoms with Crippen molar-refractivity contribution in [1.82, 2.24) is 0 Å². The van der Waals surface area contributed by atoms with E-state index in [0.717, 1.165) is 10.0 Å². The molecule has 0 aromatic heterocycles. The van der Waals surface area contributed by atoms with Gasteiger partial charge in [-0.25, -0.2) is 0 Å². The Morgan fingerprint density at radius 2 is 2.00 bits per heavy atom. The molecule has 1 rings (SSSR count). The van der Waals surface area contributed by atoms with Crippen LogP contribution in [0.5, 0.6) is 0 Å². The second kappa shape index (κ2) is 5.53. The maximum Gasteiger partial charge on any atom is 0.231 e. The molecular formula is C9H7Br2Cl2NO. The maximum absolute atomic E-state index is 10.9. The number of nitrogens with two attached hydrogens (primary N) is 1. The summed E-state index contributed by atoms with van der Waals surface area (Å²) in [5, 5.41) is 0.884. The lowest BCUT2D eigenvalue weighted by molar-refractivity contribution is -0.117. The highest BCUT2D eigenvalue weighted by Crippen LogP contribution is 2.33. The van der Waals surface area contributed by atoms with Crippen molar-refractivity contribution < 1.29 is 4.79 Å². The summed E-state index contributed by atoms with van der Waals surface area (Å²) in [5.41, 5.74) is 5.91. The van der Waals surface area contributed by atoms with E-state index < -0.39 is 10.7 Å². The monoisotopic (exact) mass is 373 g/mol. The minimum absolute atomic E-state index is 0.418. The SMILES string of the molecule is NC(=O)C(Br)Cc1ccc(Br)c(Cl)c1Cl. The maximum atomic E-state index is 10.9. The molecule has 0 aliphatic heterocycles. The summed E-state index contributed by atoms with van der Waals surface area (Å²) in [6.07, 6.45) is 0.418. The zero-order valence-electron chi connectivity index (χ0n) is 7.44. The molecule has 0 saturated heterocycles. The number of carbonyl (C=O) groups excluding carboxylic acids is 1. The van der Waals surface area contributed by atoms with E-state index in [9.17, 15) is 4.79 Å². The van der Waals surface area contributed by atoms with Crippen molar-refractivity contribution in [1.29, 1.82) is 0 Å². The fraction of sp³-hybridized carbons (Fsp3) is 0.222. The van der Waals surface area contributed by atoms with Crippen molar-refractivity contribution in [3.05, 3.63) is 32.2 Å². The van der Waals surface area contributed by atoms with E-state index in [1.165, 1.54) is 0 Å². The molecule has 2 nitrogen and oxygen atoms in total. The van der Waals surface area contributed by atoms with Crippen LogP contribution in [0.4, 0.5) is 0 Å². The first-order valence-corrected chi connectivity index (χ1v) is 6.45. The molecule has 1 aromatic carbocycles. The van der Waals surface area contributed by atoms with Crippen molar-refractivity contribution in [3.8, 4) is 0 Å². The third kappa shape index (κ3) is 3.34. The molecule has 15 heavy (non-hydrogen) atoms. The summed E-state index contributed by atoms with van der Waals surface area (Å²) < 4.78 is 0.725. The molecule has 2 N–H and O–H groups in total. The predicted octanol–water partition coefficient (Wildman–Crippen LogP) is 3.55. The summed E-state index contributed by atoms with van der Waals surface area (Å²) >= 11 is 18.4. The molecule has 0 bridgehead atoms. The zero-order chi connectivity index (χ0) is 11.6. The van der Waals surface area contributed by atoms with E-state index in [4.69, 9.17) is 28.9 Å². The van der Waals surface area contributed by atoms with Crippen LogP contribution in [0.15, 0.2) is 16.6 Å². The Morgan fingerprint density at radius 1 is 1.40 bits per heavy atom. The van der Waals surface area contributed by atoms with Gasteiger partial charge < -0.3 is 5.73 Å². The first-order chi connectivity index (χ1) is 6.93. The average molecular weight is 376 g/mol. The summed E-state index contributed by atoms with van der Waals surface area (Å²) in [6, 6.07) is 3.58. The van der Waals surface area contributed by atoms with E-state index in [0.29, 0.717) is 16.5 Å². The molecule has 0 spiro atoms. The third-order valence-corrected chi connectivity index (χ3v) is 4.41. The average Bonchev–Trinajstić information content (AvgIpc) is 2.18. The lowest BCUT2D eigenvalue weighted by Gasteiger charge is -2.09. The van der Waals surface area contributed by atoms with Crippen LogP contribution >= 0.6 is 55.1 Å². The van der Waals surface area contributed by atoms with Gasteiger partial charge in [0.25, 0.3) is 0 Å². The number of amides is 1. The zero-order valence-corrected chi connectivity index (χ0v) is 12.1. The number of alkyl halides is 1. The van der Waals surface area contributed by atoms with Gasteiger partial charge in [0.15, 0.2) is 0 Å². The van der Waals surface area contributed by atoms with E-state index in [2.05, 4.69) is 31.9 Å². The number of primary amides is 1. The van der Waals surface area contributed by atoms with Crippen molar-refractivity contribution in [2.75, 3.05) is 0 Å². The first-order valence-electron chi connectivity index (χ1n) is 3.99. The second-order valence-corrected chi connectivity index (χ2v) is 5.62. The van der Waals surface area contributed by atoms with Gasteiger partial charge in [-0.3, -0.25) is 4.79 Å². The Balaban J connectivity index is 2.97. The summed E-state index contributed by atoms with van der Waals surface area (Å²) in [7, 11) is 0. The Hall–Kier alpha value is 0.230. The lowest BCUT2D eigenvalue weighted by atomic mass is 10.1. The summed E-state index contributed by atoms with van der Waals surface area (Å²) in [4.78, 5) is 10.4. The van der Waals surface area contributed by atoms with Crippen LogP contribution in [0.2, 0.25) is 10.0 Å². The number of halogens is 4. The topological polar surface area (TPSA) is 43.1 Å². The van der Waals surface area contributed by atoms with Crippen LogP contribution in [-0.4, -0.2) is 10.7 Å². The number of carbonyl (C=O) groups is 1. The van der Waals surface area contributed by atoms with Gasteiger partial charge in [0.05, 0.1) is 14.9 Å². The lowest BCUT2D eigenvalue weighted by Crippen LogP contribution is -2.25. The molecule has 1 amide bonds. The number of hydrogen-bond donors (Lipinski definition) is 1. The van der Waals surface area contributed by atoms with Gasteiger partial charge in [-0.15, -0.1) is 0 Å². The normalized spacial score (nSPS) is 12.5. The van der Waals surface area contributed by atoms with E-state index in [-0.39, 0.29) is 0 Å². The molecule has 0 radical (unpaired) electrons. The Morgan fingerprint density at radius 3 is 2.53 bits per heavy atom. The van der Waals surface area contributed by atoms with Crippen LogP contribution in [0.1, 0.15) is 5.56 Å². The minimum Gasteiger partial charge on any atom is -0.369 e. The molecule has 0 aliphatic rings. The Labute approximate surface area is 114 Å².